The second-order valence-electron chi connectivity index (χ2n) is 4.84. The summed E-state index contributed by atoms with van der Waals surface area (Å²) in [6.45, 7) is 2.53. The third-order valence-corrected chi connectivity index (χ3v) is 3.90. The highest BCUT2D eigenvalue weighted by atomic mass is 79.9. The molecule has 0 radical (unpaired) electrons. The Bertz CT molecular complexity index is 449. The molecular weight excluding hydrogens is 310 g/mol. The van der Waals surface area contributed by atoms with E-state index < -0.39 is 5.54 Å². The Morgan fingerprint density at radius 1 is 1.47 bits per heavy atom. The summed E-state index contributed by atoms with van der Waals surface area (Å²) in [6.07, 6.45) is 1.26. The number of anilines is 1. The number of carbonyl (C=O) groups is 1. The number of hydrogen-bond acceptors (Lipinski definition) is 4. The topological polar surface area (TPSA) is 47.6 Å². The van der Waals surface area contributed by atoms with E-state index in [9.17, 15) is 4.79 Å². The van der Waals surface area contributed by atoms with Crippen molar-refractivity contribution in [3.05, 3.63) is 28.7 Å². The molecule has 1 aromatic carbocycles. The first-order chi connectivity index (χ1) is 9.05. The number of halogens is 1. The van der Waals surface area contributed by atoms with Gasteiger partial charge in [0.25, 0.3) is 0 Å². The zero-order valence-electron chi connectivity index (χ0n) is 11.1. The standard InChI is InChI=1S/C14H18BrNO3/c1-10-9-14(7-8-19-10,13(17)18-2)16-12-5-3-11(15)4-6-12/h3-6,10,16H,7-9H2,1-2H3. The highest BCUT2D eigenvalue weighted by Crippen LogP contribution is 2.30. The van der Waals surface area contributed by atoms with Crippen molar-refractivity contribution in [2.24, 2.45) is 0 Å². The van der Waals surface area contributed by atoms with E-state index >= 15 is 0 Å². The van der Waals surface area contributed by atoms with Gasteiger partial charge in [0.15, 0.2) is 0 Å². The molecule has 1 aliphatic heterocycles. The molecule has 1 heterocycles. The molecule has 2 unspecified atom stereocenters. The van der Waals surface area contributed by atoms with Gasteiger partial charge in [-0.2, -0.15) is 0 Å². The quantitative estimate of drug-likeness (QED) is 0.867. The molecule has 1 aliphatic rings. The molecule has 0 aliphatic carbocycles. The first-order valence-corrected chi connectivity index (χ1v) is 7.09. The number of benzene rings is 1. The van der Waals surface area contributed by atoms with E-state index in [0.717, 1.165) is 10.2 Å². The van der Waals surface area contributed by atoms with Gasteiger partial charge in [0.05, 0.1) is 13.2 Å². The molecule has 0 spiro atoms. The lowest BCUT2D eigenvalue weighted by Crippen LogP contribution is -2.53. The number of esters is 1. The maximum absolute atomic E-state index is 12.2. The van der Waals surface area contributed by atoms with Crippen LogP contribution in [0.3, 0.4) is 0 Å². The summed E-state index contributed by atoms with van der Waals surface area (Å²) in [4.78, 5) is 12.2. The summed E-state index contributed by atoms with van der Waals surface area (Å²) in [5.74, 6) is -0.231. The molecule has 2 atom stereocenters. The minimum atomic E-state index is -0.694. The van der Waals surface area contributed by atoms with Gasteiger partial charge in [-0.3, -0.25) is 0 Å². The minimum Gasteiger partial charge on any atom is -0.467 e. The van der Waals surface area contributed by atoms with E-state index in [1.165, 1.54) is 7.11 Å². The van der Waals surface area contributed by atoms with Crippen molar-refractivity contribution < 1.29 is 14.3 Å². The Morgan fingerprint density at radius 2 is 2.16 bits per heavy atom. The molecule has 0 amide bonds. The number of nitrogens with one attached hydrogen (secondary N) is 1. The van der Waals surface area contributed by atoms with E-state index in [1.54, 1.807) is 0 Å². The van der Waals surface area contributed by atoms with E-state index in [-0.39, 0.29) is 12.1 Å². The third-order valence-electron chi connectivity index (χ3n) is 3.37. The molecular formula is C14H18BrNO3. The van der Waals surface area contributed by atoms with E-state index in [0.29, 0.717) is 19.4 Å². The first kappa shape index (κ1) is 14.3. The average Bonchev–Trinajstić information content (AvgIpc) is 2.40. The first-order valence-electron chi connectivity index (χ1n) is 6.29. The molecule has 104 valence electrons. The molecule has 1 aromatic rings. The Labute approximate surface area is 121 Å². The second kappa shape index (κ2) is 5.92. The maximum atomic E-state index is 12.2. The van der Waals surface area contributed by atoms with Crippen molar-refractivity contribution in [1.82, 2.24) is 0 Å². The highest BCUT2D eigenvalue weighted by Gasteiger charge is 2.43. The van der Waals surface area contributed by atoms with Crippen molar-refractivity contribution in [1.29, 1.82) is 0 Å². The van der Waals surface area contributed by atoms with Gasteiger partial charge in [0, 0.05) is 29.6 Å². The maximum Gasteiger partial charge on any atom is 0.331 e. The molecule has 0 saturated carbocycles. The molecule has 1 N–H and O–H groups in total. The Hall–Kier alpha value is -1.07. The number of rotatable bonds is 3. The lowest BCUT2D eigenvalue weighted by molar-refractivity contribution is -0.151. The van der Waals surface area contributed by atoms with Crippen LogP contribution >= 0.6 is 15.9 Å². The molecule has 1 saturated heterocycles. The van der Waals surface area contributed by atoms with Crippen LogP contribution in [0.4, 0.5) is 5.69 Å². The Balaban J connectivity index is 2.22. The van der Waals surface area contributed by atoms with Crippen LogP contribution in [0, 0.1) is 0 Å². The molecule has 5 heteroatoms. The van der Waals surface area contributed by atoms with E-state index in [4.69, 9.17) is 9.47 Å². The van der Waals surface area contributed by atoms with Crippen LogP contribution in [0.2, 0.25) is 0 Å². The Kier molecular flexibility index (Phi) is 4.47. The normalized spacial score (nSPS) is 26.8. The van der Waals surface area contributed by atoms with Crippen molar-refractivity contribution in [2.45, 2.75) is 31.4 Å². The van der Waals surface area contributed by atoms with Crippen LogP contribution in [-0.4, -0.2) is 31.3 Å². The van der Waals surface area contributed by atoms with Gasteiger partial charge >= 0.3 is 5.97 Å². The predicted molar refractivity (Wildman–Crippen MR) is 77.2 cm³/mol. The van der Waals surface area contributed by atoms with E-state index in [2.05, 4.69) is 21.2 Å². The second-order valence-corrected chi connectivity index (χ2v) is 5.76. The fraction of sp³-hybridized carbons (Fsp3) is 0.500. The fourth-order valence-corrected chi connectivity index (χ4v) is 2.71. The van der Waals surface area contributed by atoms with Crippen LogP contribution < -0.4 is 5.32 Å². The average molecular weight is 328 g/mol. The third kappa shape index (κ3) is 3.28. The summed E-state index contributed by atoms with van der Waals surface area (Å²) in [6, 6.07) is 7.76. The summed E-state index contributed by atoms with van der Waals surface area (Å²) < 4.78 is 11.5. The van der Waals surface area contributed by atoms with Crippen molar-refractivity contribution in [3.8, 4) is 0 Å². The molecule has 0 bridgehead atoms. The summed E-state index contributed by atoms with van der Waals surface area (Å²) in [7, 11) is 1.42. The Morgan fingerprint density at radius 3 is 2.74 bits per heavy atom. The number of carbonyl (C=O) groups excluding carboxylic acids is 1. The van der Waals surface area contributed by atoms with Gasteiger partial charge in [-0.1, -0.05) is 15.9 Å². The smallest absolute Gasteiger partial charge is 0.331 e. The fourth-order valence-electron chi connectivity index (χ4n) is 2.44. The lowest BCUT2D eigenvalue weighted by Gasteiger charge is -2.38. The van der Waals surface area contributed by atoms with Gasteiger partial charge in [0.2, 0.25) is 0 Å². The van der Waals surface area contributed by atoms with Crippen LogP contribution in [0.25, 0.3) is 0 Å². The van der Waals surface area contributed by atoms with Crippen LogP contribution in [0.5, 0.6) is 0 Å². The molecule has 19 heavy (non-hydrogen) atoms. The number of methoxy groups -OCH3 is 1. The monoisotopic (exact) mass is 327 g/mol. The predicted octanol–water partition coefficient (Wildman–Crippen LogP) is 2.97. The van der Waals surface area contributed by atoms with Gasteiger partial charge in [-0.05, 0) is 31.2 Å². The SMILES string of the molecule is COC(=O)C1(Nc2ccc(Br)cc2)CCOC(C)C1. The summed E-state index contributed by atoms with van der Waals surface area (Å²) >= 11 is 3.40. The van der Waals surface area contributed by atoms with E-state index in [1.807, 2.05) is 31.2 Å². The van der Waals surface area contributed by atoms with Crippen molar-refractivity contribution in [2.75, 3.05) is 19.0 Å². The molecule has 2 rings (SSSR count). The van der Waals surface area contributed by atoms with Crippen molar-refractivity contribution in [3.63, 3.8) is 0 Å². The van der Waals surface area contributed by atoms with Gasteiger partial charge < -0.3 is 14.8 Å². The molecule has 1 fully saturated rings. The van der Waals surface area contributed by atoms with Gasteiger partial charge in [-0.15, -0.1) is 0 Å². The number of hydrogen-bond donors (Lipinski definition) is 1. The van der Waals surface area contributed by atoms with Crippen LogP contribution in [-0.2, 0) is 14.3 Å². The lowest BCUT2D eigenvalue weighted by atomic mass is 9.86. The number of ether oxygens (including phenoxy) is 2. The van der Waals surface area contributed by atoms with Crippen LogP contribution in [0.1, 0.15) is 19.8 Å². The van der Waals surface area contributed by atoms with Crippen molar-refractivity contribution >= 4 is 27.6 Å². The summed E-state index contributed by atoms with van der Waals surface area (Å²) in [5, 5.41) is 3.33. The zero-order chi connectivity index (χ0) is 13.9. The van der Waals surface area contributed by atoms with Gasteiger partial charge in [0.1, 0.15) is 5.54 Å². The molecule has 0 aromatic heterocycles. The highest BCUT2D eigenvalue weighted by molar-refractivity contribution is 9.10. The van der Waals surface area contributed by atoms with Crippen LogP contribution in [0.15, 0.2) is 28.7 Å². The van der Waals surface area contributed by atoms with Gasteiger partial charge in [-0.25, -0.2) is 4.79 Å². The summed E-state index contributed by atoms with van der Waals surface area (Å²) in [5.41, 5.74) is 0.211. The zero-order valence-corrected chi connectivity index (χ0v) is 12.7. The minimum absolute atomic E-state index is 0.0378. The largest absolute Gasteiger partial charge is 0.467 e. The molecule has 4 nitrogen and oxygen atoms in total.